The van der Waals surface area contributed by atoms with Crippen LogP contribution in [0, 0.1) is 0 Å². The zero-order valence-corrected chi connectivity index (χ0v) is 14.4. The number of tetrazole rings is 1. The molecule has 1 atom stereocenters. The van der Waals surface area contributed by atoms with Gasteiger partial charge in [0.2, 0.25) is 5.82 Å². The number of methoxy groups -OCH3 is 1. The molecule has 10 heteroatoms. The van der Waals surface area contributed by atoms with Gasteiger partial charge in [0.25, 0.3) is 0 Å². The van der Waals surface area contributed by atoms with E-state index in [0.29, 0.717) is 32.2 Å². The second-order valence-electron chi connectivity index (χ2n) is 6.08. The van der Waals surface area contributed by atoms with E-state index in [4.69, 9.17) is 9.47 Å². The molecule has 0 unspecified atom stereocenters. The predicted molar refractivity (Wildman–Crippen MR) is 84.5 cm³/mol. The SMILES string of the molecule is COCCn1nnnc1[C@H](c1ccc(C(F)(F)F)cc1)[NH+]1CCOCC1. The summed E-state index contributed by atoms with van der Waals surface area (Å²) in [5.41, 5.74) is 0.0688. The first-order valence-corrected chi connectivity index (χ1v) is 8.35. The number of rotatable bonds is 6. The van der Waals surface area contributed by atoms with Gasteiger partial charge in [0.05, 0.1) is 31.9 Å². The van der Waals surface area contributed by atoms with E-state index < -0.39 is 11.7 Å². The Morgan fingerprint density at radius 1 is 1.23 bits per heavy atom. The van der Waals surface area contributed by atoms with E-state index in [1.165, 1.54) is 12.1 Å². The van der Waals surface area contributed by atoms with Crippen molar-refractivity contribution in [3.63, 3.8) is 0 Å². The summed E-state index contributed by atoms with van der Waals surface area (Å²) in [7, 11) is 1.59. The third-order valence-electron chi connectivity index (χ3n) is 4.44. The lowest BCUT2D eigenvalue weighted by Gasteiger charge is -2.31. The van der Waals surface area contributed by atoms with Crippen LogP contribution in [0.4, 0.5) is 13.2 Å². The van der Waals surface area contributed by atoms with E-state index in [1.54, 1.807) is 11.8 Å². The van der Waals surface area contributed by atoms with Crippen molar-refractivity contribution in [3.8, 4) is 0 Å². The number of hydrogen-bond acceptors (Lipinski definition) is 5. The number of halogens is 3. The van der Waals surface area contributed by atoms with Gasteiger partial charge in [-0.05, 0) is 22.6 Å². The van der Waals surface area contributed by atoms with Crippen molar-refractivity contribution < 1.29 is 27.5 Å². The van der Waals surface area contributed by atoms with Crippen LogP contribution in [0.25, 0.3) is 0 Å². The van der Waals surface area contributed by atoms with Crippen LogP contribution >= 0.6 is 0 Å². The van der Waals surface area contributed by atoms with Gasteiger partial charge in [0.15, 0.2) is 6.04 Å². The Kier molecular flexibility index (Phi) is 5.84. The van der Waals surface area contributed by atoms with Crippen LogP contribution in [0.3, 0.4) is 0 Å². The summed E-state index contributed by atoms with van der Waals surface area (Å²) in [4.78, 5) is 1.16. The fourth-order valence-corrected chi connectivity index (χ4v) is 3.11. The first-order valence-electron chi connectivity index (χ1n) is 8.35. The van der Waals surface area contributed by atoms with Crippen LogP contribution in [0.15, 0.2) is 24.3 Å². The summed E-state index contributed by atoms with van der Waals surface area (Å²) in [5.74, 6) is 0.610. The van der Waals surface area contributed by atoms with Gasteiger partial charge < -0.3 is 14.4 Å². The lowest BCUT2D eigenvalue weighted by molar-refractivity contribution is -0.933. The molecule has 3 rings (SSSR count). The Bertz CT molecular complexity index is 699. The molecular formula is C16H21F3N5O2+. The molecule has 0 amide bonds. The minimum absolute atomic E-state index is 0.270. The average molecular weight is 372 g/mol. The van der Waals surface area contributed by atoms with Crippen LogP contribution in [-0.4, -0.2) is 60.2 Å². The van der Waals surface area contributed by atoms with Crippen molar-refractivity contribution in [2.45, 2.75) is 18.8 Å². The monoisotopic (exact) mass is 372 g/mol. The van der Waals surface area contributed by atoms with Crippen LogP contribution in [0.1, 0.15) is 23.0 Å². The van der Waals surface area contributed by atoms with Crippen molar-refractivity contribution in [2.75, 3.05) is 40.0 Å². The van der Waals surface area contributed by atoms with Crippen molar-refractivity contribution in [2.24, 2.45) is 0 Å². The molecule has 0 spiro atoms. The summed E-state index contributed by atoms with van der Waals surface area (Å²) in [6.07, 6.45) is -4.36. The molecule has 1 saturated heterocycles. The summed E-state index contributed by atoms with van der Waals surface area (Å²) in [6, 6.07) is 4.95. The zero-order valence-electron chi connectivity index (χ0n) is 14.4. The molecule has 1 N–H and O–H groups in total. The van der Waals surface area contributed by atoms with Crippen molar-refractivity contribution in [1.29, 1.82) is 0 Å². The first-order chi connectivity index (χ1) is 12.5. The van der Waals surface area contributed by atoms with Gasteiger partial charge >= 0.3 is 6.18 Å². The lowest BCUT2D eigenvalue weighted by Crippen LogP contribution is -3.14. The number of aromatic nitrogens is 4. The number of benzene rings is 1. The fraction of sp³-hybridized carbons (Fsp3) is 0.562. The van der Waals surface area contributed by atoms with Crippen LogP contribution in [-0.2, 0) is 22.2 Å². The normalized spacial score (nSPS) is 17.4. The summed E-state index contributed by atoms with van der Waals surface area (Å²) >= 11 is 0. The Morgan fingerprint density at radius 3 is 2.54 bits per heavy atom. The maximum atomic E-state index is 12.9. The largest absolute Gasteiger partial charge is 0.416 e. The van der Waals surface area contributed by atoms with E-state index in [2.05, 4.69) is 15.5 Å². The van der Waals surface area contributed by atoms with Gasteiger partial charge in [-0.3, -0.25) is 0 Å². The molecule has 0 aliphatic carbocycles. The molecule has 2 aromatic rings. The second-order valence-corrected chi connectivity index (χ2v) is 6.08. The minimum Gasteiger partial charge on any atom is -0.383 e. The van der Waals surface area contributed by atoms with Crippen LogP contribution < -0.4 is 4.90 Å². The Morgan fingerprint density at radius 2 is 1.92 bits per heavy atom. The van der Waals surface area contributed by atoms with E-state index >= 15 is 0 Å². The molecule has 142 valence electrons. The average Bonchev–Trinajstić information content (AvgIpc) is 3.09. The number of morpholine rings is 1. The highest BCUT2D eigenvalue weighted by Crippen LogP contribution is 2.30. The molecule has 1 aromatic heterocycles. The van der Waals surface area contributed by atoms with Crippen LogP contribution in [0.5, 0.6) is 0 Å². The number of nitrogens with zero attached hydrogens (tertiary/aromatic N) is 4. The summed E-state index contributed by atoms with van der Waals surface area (Å²) in [6.45, 7) is 3.54. The topological polar surface area (TPSA) is 66.5 Å². The van der Waals surface area contributed by atoms with Gasteiger partial charge in [-0.2, -0.15) is 13.2 Å². The van der Waals surface area contributed by atoms with E-state index in [-0.39, 0.29) is 6.04 Å². The maximum Gasteiger partial charge on any atom is 0.416 e. The van der Waals surface area contributed by atoms with Gasteiger partial charge in [-0.1, -0.05) is 12.1 Å². The Hall–Kier alpha value is -2.04. The molecule has 2 heterocycles. The molecule has 0 bridgehead atoms. The minimum atomic E-state index is -4.36. The molecular weight excluding hydrogens is 351 g/mol. The summed E-state index contributed by atoms with van der Waals surface area (Å²) < 4.78 is 50.8. The number of alkyl halides is 3. The molecule has 1 aliphatic rings. The van der Waals surface area contributed by atoms with E-state index in [1.807, 2.05) is 0 Å². The molecule has 7 nitrogen and oxygen atoms in total. The van der Waals surface area contributed by atoms with Gasteiger partial charge in [-0.15, -0.1) is 5.10 Å². The molecule has 1 aromatic carbocycles. The molecule has 0 radical (unpaired) electrons. The fourth-order valence-electron chi connectivity index (χ4n) is 3.11. The van der Waals surface area contributed by atoms with Gasteiger partial charge in [0.1, 0.15) is 13.1 Å². The van der Waals surface area contributed by atoms with Gasteiger partial charge in [-0.25, -0.2) is 4.68 Å². The Labute approximate surface area is 148 Å². The van der Waals surface area contributed by atoms with Crippen molar-refractivity contribution in [1.82, 2.24) is 20.2 Å². The molecule has 1 aliphatic heterocycles. The predicted octanol–water partition coefficient (Wildman–Crippen LogP) is 0.343. The maximum absolute atomic E-state index is 12.9. The summed E-state index contributed by atoms with van der Waals surface area (Å²) in [5, 5.41) is 11.9. The third kappa shape index (κ3) is 4.19. The highest BCUT2D eigenvalue weighted by molar-refractivity contribution is 5.28. The van der Waals surface area contributed by atoms with E-state index in [9.17, 15) is 13.2 Å². The first kappa shape index (κ1) is 18.7. The third-order valence-corrected chi connectivity index (χ3v) is 4.44. The zero-order chi connectivity index (χ0) is 18.6. The number of nitrogens with one attached hydrogen (secondary N) is 1. The number of hydrogen-bond donors (Lipinski definition) is 1. The number of ether oxygens (including phenoxy) is 2. The number of quaternary nitrogens is 1. The molecule has 1 fully saturated rings. The standard InChI is InChI=1S/C16H20F3N5O2/c1-25-9-8-24-15(20-21-22-24)14(23-6-10-26-11-7-23)12-2-4-13(5-3-12)16(17,18)19/h2-5,14H,6-11H2,1H3/p+1/t14-/m0/s1. The van der Waals surface area contributed by atoms with Gasteiger partial charge in [0, 0.05) is 12.7 Å². The molecule has 26 heavy (non-hydrogen) atoms. The second kappa shape index (κ2) is 8.11. The molecule has 0 saturated carbocycles. The highest BCUT2D eigenvalue weighted by atomic mass is 19.4. The highest BCUT2D eigenvalue weighted by Gasteiger charge is 2.34. The van der Waals surface area contributed by atoms with Crippen molar-refractivity contribution >= 4 is 0 Å². The smallest absolute Gasteiger partial charge is 0.383 e. The van der Waals surface area contributed by atoms with Crippen molar-refractivity contribution in [3.05, 3.63) is 41.2 Å². The van der Waals surface area contributed by atoms with E-state index in [0.717, 1.165) is 35.7 Å². The Balaban J connectivity index is 1.95. The quantitative estimate of drug-likeness (QED) is 0.792. The lowest BCUT2D eigenvalue weighted by atomic mass is 10.0. The van der Waals surface area contributed by atoms with Crippen LogP contribution in [0.2, 0.25) is 0 Å².